The monoisotopic (exact) mass is 290 g/mol. The van der Waals surface area contributed by atoms with Crippen molar-refractivity contribution in [3.8, 4) is 0 Å². The van der Waals surface area contributed by atoms with E-state index in [1.54, 1.807) is 29.9 Å². The van der Waals surface area contributed by atoms with Crippen molar-refractivity contribution >= 4 is 17.6 Å². The summed E-state index contributed by atoms with van der Waals surface area (Å²) >= 11 is 0. The average molecular weight is 290 g/mol. The number of rotatable bonds is 5. The molecule has 0 saturated heterocycles. The molecule has 7 heteroatoms. The van der Waals surface area contributed by atoms with Crippen molar-refractivity contribution in [1.29, 1.82) is 0 Å². The Hall–Kier alpha value is -2.57. The molecule has 0 aliphatic heterocycles. The van der Waals surface area contributed by atoms with Gasteiger partial charge in [-0.15, -0.1) is 0 Å². The molecule has 2 amide bonds. The maximum atomic E-state index is 12.1. The molecular formula is C14H18N4O3. The summed E-state index contributed by atoms with van der Waals surface area (Å²) in [6, 6.07) is 4.29. The van der Waals surface area contributed by atoms with Crippen LogP contribution in [0.2, 0.25) is 0 Å². The predicted octanol–water partition coefficient (Wildman–Crippen LogP) is 1.81. The van der Waals surface area contributed by atoms with Crippen LogP contribution < -0.4 is 10.6 Å². The number of carbonyl (C=O) groups excluding carboxylic acids is 2. The molecule has 21 heavy (non-hydrogen) atoms. The minimum atomic E-state index is -0.696. The van der Waals surface area contributed by atoms with Gasteiger partial charge in [-0.1, -0.05) is 0 Å². The number of hydrogen-bond acceptors (Lipinski definition) is 4. The fourth-order valence-corrected chi connectivity index (χ4v) is 1.80. The molecule has 0 saturated carbocycles. The number of furan rings is 1. The van der Waals surface area contributed by atoms with Crippen molar-refractivity contribution in [2.45, 2.75) is 32.9 Å². The third-order valence-electron chi connectivity index (χ3n) is 2.90. The zero-order chi connectivity index (χ0) is 15.4. The highest BCUT2D eigenvalue weighted by Gasteiger charge is 2.19. The molecule has 0 aliphatic rings. The molecule has 2 heterocycles. The highest BCUT2D eigenvalue weighted by Crippen LogP contribution is 2.13. The summed E-state index contributed by atoms with van der Waals surface area (Å²) in [5, 5.41) is 9.44. The standard InChI is InChI=1S/C14H18N4O3/c1-9(2)18-12(6-7-15-18)17-13(19)10(3)16-14(20)11-5-4-8-21-11/h4-10H,1-3H3,(H,16,20)(H,17,19). The average Bonchev–Trinajstić information content (AvgIpc) is 3.09. The molecule has 2 N–H and O–H groups in total. The number of anilines is 1. The molecule has 0 aliphatic carbocycles. The van der Waals surface area contributed by atoms with E-state index in [1.807, 2.05) is 13.8 Å². The molecule has 0 aromatic carbocycles. The largest absolute Gasteiger partial charge is 0.459 e. The molecular weight excluding hydrogens is 272 g/mol. The second-order valence-corrected chi connectivity index (χ2v) is 4.92. The van der Waals surface area contributed by atoms with Gasteiger partial charge in [0, 0.05) is 12.1 Å². The van der Waals surface area contributed by atoms with E-state index >= 15 is 0 Å². The van der Waals surface area contributed by atoms with Gasteiger partial charge in [0.15, 0.2) is 5.76 Å². The van der Waals surface area contributed by atoms with Gasteiger partial charge in [-0.05, 0) is 32.9 Å². The Morgan fingerprint density at radius 2 is 2.05 bits per heavy atom. The Bertz CT molecular complexity index is 616. The number of hydrogen-bond donors (Lipinski definition) is 2. The second kappa shape index (κ2) is 6.25. The van der Waals surface area contributed by atoms with Crippen molar-refractivity contribution in [2.24, 2.45) is 0 Å². The van der Waals surface area contributed by atoms with E-state index in [1.165, 1.54) is 12.3 Å². The highest BCUT2D eigenvalue weighted by molar-refractivity contribution is 5.99. The molecule has 112 valence electrons. The summed E-state index contributed by atoms with van der Waals surface area (Å²) in [6.07, 6.45) is 3.02. The number of nitrogens with one attached hydrogen (secondary N) is 2. The van der Waals surface area contributed by atoms with Crippen LogP contribution in [0.1, 0.15) is 37.4 Å². The number of aromatic nitrogens is 2. The molecule has 0 fully saturated rings. The lowest BCUT2D eigenvalue weighted by Crippen LogP contribution is -2.41. The lowest BCUT2D eigenvalue weighted by atomic mass is 10.3. The van der Waals surface area contributed by atoms with Crippen molar-refractivity contribution < 1.29 is 14.0 Å². The molecule has 2 aromatic rings. The first-order valence-electron chi connectivity index (χ1n) is 6.67. The van der Waals surface area contributed by atoms with E-state index in [0.717, 1.165) is 0 Å². The van der Waals surface area contributed by atoms with Gasteiger partial charge in [-0.2, -0.15) is 5.10 Å². The number of nitrogens with zero attached hydrogens (tertiary/aromatic N) is 2. The van der Waals surface area contributed by atoms with Gasteiger partial charge in [0.25, 0.3) is 5.91 Å². The topological polar surface area (TPSA) is 89.2 Å². The van der Waals surface area contributed by atoms with Crippen LogP contribution in [0.4, 0.5) is 5.82 Å². The van der Waals surface area contributed by atoms with Crippen LogP contribution >= 0.6 is 0 Å². The van der Waals surface area contributed by atoms with Crippen LogP contribution in [0.15, 0.2) is 35.1 Å². The summed E-state index contributed by atoms with van der Waals surface area (Å²) < 4.78 is 6.67. The molecule has 1 unspecified atom stereocenters. The Morgan fingerprint density at radius 3 is 2.67 bits per heavy atom. The molecule has 7 nitrogen and oxygen atoms in total. The Kier molecular flexibility index (Phi) is 4.42. The summed E-state index contributed by atoms with van der Waals surface area (Å²) in [6.45, 7) is 5.53. The van der Waals surface area contributed by atoms with Crippen molar-refractivity contribution in [2.75, 3.05) is 5.32 Å². The van der Waals surface area contributed by atoms with Crippen LogP contribution in [0.5, 0.6) is 0 Å². The van der Waals surface area contributed by atoms with Crippen LogP contribution in [-0.2, 0) is 4.79 Å². The second-order valence-electron chi connectivity index (χ2n) is 4.92. The van der Waals surface area contributed by atoms with Crippen molar-refractivity contribution in [3.05, 3.63) is 36.4 Å². The zero-order valence-corrected chi connectivity index (χ0v) is 12.2. The van der Waals surface area contributed by atoms with Gasteiger partial charge in [0.2, 0.25) is 5.91 Å². The molecule has 0 radical (unpaired) electrons. The zero-order valence-electron chi connectivity index (χ0n) is 12.2. The molecule has 1 atom stereocenters. The van der Waals surface area contributed by atoms with Crippen LogP contribution in [0.25, 0.3) is 0 Å². The minimum Gasteiger partial charge on any atom is -0.459 e. The van der Waals surface area contributed by atoms with Crippen molar-refractivity contribution in [1.82, 2.24) is 15.1 Å². The summed E-state index contributed by atoms with van der Waals surface area (Å²) in [5.41, 5.74) is 0. The molecule has 0 bridgehead atoms. The first-order valence-corrected chi connectivity index (χ1v) is 6.67. The fraction of sp³-hybridized carbons (Fsp3) is 0.357. The quantitative estimate of drug-likeness (QED) is 0.879. The van der Waals surface area contributed by atoms with Gasteiger partial charge < -0.3 is 15.1 Å². The molecule has 2 rings (SSSR count). The normalized spacial score (nSPS) is 12.2. The van der Waals surface area contributed by atoms with Gasteiger partial charge in [-0.3, -0.25) is 9.59 Å². The van der Waals surface area contributed by atoms with Gasteiger partial charge in [0.1, 0.15) is 11.9 Å². The number of amides is 2. The summed E-state index contributed by atoms with van der Waals surface area (Å²) in [5.74, 6) is 0.00768. The summed E-state index contributed by atoms with van der Waals surface area (Å²) in [4.78, 5) is 23.9. The maximum Gasteiger partial charge on any atom is 0.287 e. The van der Waals surface area contributed by atoms with Gasteiger partial charge in [-0.25, -0.2) is 4.68 Å². The van der Waals surface area contributed by atoms with E-state index in [9.17, 15) is 9.59 Å². The molecule has 2 aromatic heterocycles. The van der Waals surface area contributed by atoms with Crippen LogP contribution in [-0.4, -0.2) is 27.6 Å². The first kappa shape index (κ1) is 14.8. The third kappa shape index (κ3) is 3.50. The summed E-state index contributed by atoms with van der Waals surface area (Å²) in [7, 11) is 0. The smallest absolute Gasteiger partial charge is 0.287 e. The van der Waals surface area contributed by atoms with Crippen molar-refractivity contribution in [3.63, 3.8) is 0 Å². The number of carbonyl (C=O) groups is 2. The van der Waals surface area contributed by atoms with Gasteiger partial charge in [0.05, 0.1) is 12.5 Å². The van der Waals surface area contributed by atoms with E-state index in [4.69, 9.17) is 4.42 Å². The molecule has 0 spiro atoms. The highest BCUT2D eigenvalue weighted by atomic mass is 16.3. The van der Waals surface area contributed by atoms with E-state index in [2.05, 4.69) is 15.7 Å². The van der Waals surface area contributed by atoms with Crippen LogP contribution in [0.3, 0.4) is 0 Å². The SMILES string of the molecule is CC(NC(=O)c1ccco1)C(=O)Nc1ccnn1C(C)C. The Balaban J connectivity index is 1.96. The van der Waals surface area contributed by atoms with Crippen LogP contribution in [0, 0.1) is 0 Å². The van der Waals surface area contributed by atoms with E-state index in [-0.39, 0.29) is 17.7 Å². The van der Waals surface area contributed by atoms with E-state index in [0.29, 0.717) is 5.82 Å². The lowest BCUT2D eigenvalue weighted by Gasteiger charge is -2.15. The van der Waals surface area contributed by atoms with Gasteiger partial charge >= 0.3 is 0 Å². The lowest BCUT2D eigenvalue weighted by molar-refractivity contribution is -0.117. The first-order chi connectivity index (χ1) is 9.99. The van der Waals surface area contributed by atoms with E-state index < -0.39 is 11.9 Å². The maximum absolute atomic E-state index is 12.1. The predicted molar refractivity (Wildman–Crippen MR) is 76.9 cm³/mol. The Labute approximate surface area is 122 Å². The third-order valence-corrected chi connectivity index (χ3v) is 2.90. The Morgan fingerprint density at radius 1 is 1.29 bits per heavy atom. The minimum absolute atomic E-state index is 0.128. The fourth-order valence-electron chi connectivity index (χ4n) is 1.80.